The Bertz CT molecular complexity index is 1250. The van der Waals surface area contributed by atoms with Crippen molar-refractivity contribution in [3.63, 3.8) is 0 Å². The Kier molecular flexibility index (Phi) is 6.84. The summed E-state index contributed by atoms with van der Waals surface area (Å²) in [6.07, 6.45) is 0.798. The van der Waals surface area contributed by atoms with Crippen LogP contribution >= 0.6 is 34.5 Å². The standard InChI is InChI=1S/C23H25Cl2N3O2S2/c1-15-5-4-6-18(17(15)3)12-19-14-31-23(26-19)27-7-9-28(10-8-27)32(29,30)22-11-16(2)20(24)13-21(22)25/h4-6,11,13-14H,7-10,12H2,1-3H3. The third-order valence-electron chi connectivity index (χ3n) is 5.97. The normalized spacial score (nSPS) is 15.3. The number of thiazole rings is 1. The number of hydrogen-bond donors (Lipinski definition) is 0. The lowest BCUT2D eigenvalue weighted by atomic mass is 10.0. The number of rotatable bonds is 5. The number of nitrogens with zero attached hydrogens (tertiary/aromatic N) is 3. The second-order valence-electron chi connectivity index (χ2n) is 8.08. The average molecular weight is 511 g/mol. The molecule has 5 nitrogen and oxygen atoms in total. The van der Waals surface area contributed by atoms with Gasteiger partial charge in [0.2, 0.25) is 10.0 Å². The van der Waals surface area contributed by atoms with Crippen molar-refractivity contribution < 1.29 is 8.42 Å². The Morgan fingerprint density at radius 1 is 1.00 bits per heavy atom. The lowest BCUT2D eigenvalue weighted by Crippen LogP contribution is -2.48. The summed E-state index contributed by atoms with van der Waals surface area (Å²) in [5.74, 6) is 0. The Labute approximate surface area is 203 Å². The molecular weight excluding hydrogens is 485 g/mol. The second kappa shape index (κ2) is 9.31. The van der Waals surface area contributed by atoms with Gasteiger partial charge in [0.05, 0.1) is 10.7 Å². The molecule has 9 heteroatoms. The quantitative estimate of drug-likeness (QED) is 0.457. The van der Waals surface area contributed by atoms with Gasteiger partial charge in [-0.3, -0.25) is 0 Å². The minimum atomic E-state index is -3.68. The van der Waals surface area contributed by atoms with Crippen molar-refractivity contribution >= 4 is 49.7 Å². The van der Waals surface area contributed by atoms with E-state index in [1.807, 2.05) is 0 Å². The summed E-state index contributed by atoms with van der Waals surface area (Å²) in [5, 5.41) is 3.64. The molecule has 32 heavy (non-hydrogen) atoms. The molecule has 1 saturated heterocycles. The molecule has 0 radical (unpaired) electrons. The van der Waals surface area contributed by atoms with Crippen molar-refractivity contribution in [3.05, 3.63) is 73.7 Å². The van der Waals surface area contributed by atoms with Crippen LogP contribution in [0.15, 0.2) is 40.6 Å². The number of sulfonamides is 1. The number of aromatic nitrogens is 1. The Morgan fingerprint density at radius 2 is 1.72 bits per heavy atom. The number of hydrogen-bond acceptors (Lipinski definition) is 5. The summed E-state index contributed by atoms with van der Waals surface area (Å²) >= 11 is 13.9. The van der Waals surface area contributed by atoms with Crippen LogP contribution in [-0.4, -0.2) is 43.9 Å². The first-order chi connectivity index (χ1) is 15.2. The van der Waals surface area contributed by atoms with E-state index in [9.17, 15) is 8.42 Å². The maximum atomic E-state index is 13.1. The molecule has 1 fully saturated rings. The molecule has 2 heterocycles. The minimum absolute atomic E-state index is 0.111. The number of piperazine rings is 1. The number of anilines is 1. The maximum absolute atomic E-state index is 13.1. The van der Waals surface area contributed by atoms with Gasteiger partial charge in [-0.15, -0.1) is 11.3 Å². The molecule has 0 N–H and O–H groups in total. The van der Waals surface area contributed by atoms with Crippen molar-refractivity contribution in [1.29, 1.82) is 0 Å². The topological polar surface area (TPSA) is 53.5 Å². The molecule has 1 aromatic heterocycles. The third kappa shape index (κ3) is 4.68. The number of aryl methyl sites for hydroxylation is 2. The first-order valence-corrected chi connectivity index (χ1v) is 13.4. The van der Waals surface area contributed by atoms with E-state index < -0.39 is 10.0 Å². The molecule has 0 unspecified atom stereocenters. The third-order valence-corrected chi connectivity index (χ3v) is 9.69. The molecule has 0 atom stereocenters. The molecule has 0 saturated carbocycles. The van der Waals surface area contributed by atoms with E-state index in [2.05, 4.69) is 42.3 Å². The minimum Gasteiger partial charge on any atom is -0.345 e. The average Bonchev–Trinajstić information content (AvgIpc) is 3.22. The summed E-state index contributed by atoms with van der Waals surface area (Å²) in [6.45, 7) is 7.97. The molecule has 0 spiro atoms. The van der Waals surface area contributed by atoms with Crippen LogP contribution in [0.5, 0.6) is 0 Å². The van der Waals surface area contributed by atoms with E-state index in [4.69, 9.17) is 28.2 Å². The van der Waals surface area contributed by atoms with Gasteiger partial charge in [-0.1, -0.05) is 41.4 Å². The molecule has 2 aromatic carbocycles. The highest BCUT2D eigenvalue weighted by Gasteiger charge is 2.31. The van der Waals surface area contributed by atoms with Gasteiger partial charge in [-0.2, -0.15) is 4.31 Å². The van der Waals surface area contributed by atoms with Crippen molar-refractivity contribution in [1.82, 2.24) is 9.29 Å². The molecule has 3 aromatic rings. The van der Waals surface area contributed by atoms with Gasteiger partial charge in [0, 0.05) is 43.0 Å². The Hall–Kier alpha value is -1.64. The van der Waals surface area contributed by atoms with Crippen LogP contribution in [0.25, 0.3) is 0 Å². The first kappa shape index (κ1) is 23.5. The van der Waals surface area contributed by atoms with Crippen LogP contribution < -0.4 is 4.90 Å². The van der Waals surface area contributed by atoms with Crippen molar-refractivity contribution in [2.75, 3.05) is 31.1 Å². The molecule has 1 aliphatic rings. The fraction of sp³-hybridized carbons (Fsp3) is 0.348. The zero-order chi connectivity index (χ0) is 23.0. The molecule has 0 bridgehead atoms. The summed E-state index contributed by atoms with van der Waals surface area (Å²) in [5.41, 5.74) is 5.60. The monoisotopic (exact) mass is 509 g/mol. The predicted molar refractivity (Wildman–Crippen MR) is 133 cm³/mol. The zero-order valence-electron chi connectivity index (χ0n) is 18.2. The van der Waals surface area contributed by atoms with Crippen LogP contribution in [0.3, 0.4) is 0 Å². The van der Waals surface area contributed by atoms with Crippen molar-refractivity contribution in [3.8, 4) is 0 Å². The second-order valence-corrected chi connectivity index (χ2v) is 11.6. The molecule has 0 amide bonds. The van der Waals surface area contributed by atoms with Crippen LogP contribution in [-0.2, 0) is 16.4 Å². The summed E-state index contributed by atoms with van der Waals surface area (Å²) < 4.78 is 27.8. The van der Waals surface area contributed by atoms with Gasteiger partial charge in [-0.05, 0) is 55.2 Å². The molecule has 170 valence electrons. The fourth-order valence-electron chi connectivity index (χ4n) is 3.81. The van der Waals surface area contributed by atoms with E-state index in [1.54, 1.807) is 24.3 Å². The lowest BCUT2D eigenvalue weighted by Gasteiger charge is -2.34. The van der Waals surface area contributed by atoms with Gasteiger partial charge in [-0.25, -0.2) is 13.4 Å². The van der Waals surface area contributed by atoms with Gasteiger partial charge in [0.25, 0.3) is 0 Å². The summed E-state index contributed by atoms with van der Waals surface area (Å²) in [4.78, 5) is 7.08. The van der Waals surface area contributed by atoms with Crippen molar-refractivity contribution in [2.45, 2.75) is 32.1 Å². The predicted octanol–water partition coefficient (Wildman–Crippen LogP) is 5.48. The van der Waals surface area contributed by atoms with E-state index >= 15 is 0 Å². The fourth-order valence-corrected chi connectivity index (χ4v) is 6.92. The maximum Gasteiger partial charge on any atom is 0.244 e. The largest absolute Gasteiger partial charge is 0.345 e. The van der Waals surface area contributed by atoms with E-state index in [-0.39, 0.29) is 9.92 Å². The SMILES string of the molecule is Cc1cc(S(=O)(=O)N2CCN(c3nc(Cc4cccc(C)c4C)cs3)CC2)c(Cl)cc1Cl. The highest BCUT2D eigenvalue weighted by atomic mass is 35.5. The molecule has 1 aliphatic heterocycles. The number of halogens is 2. The molecular formula is C23H25Cl2N3O2S2. The van der Waals surface area contributed by atoms with Gasteiger partial charge >= 0.3 is 0 Å². The molecule has 0 aliphatic carbocycles. The van der Waals surface area contributed by atoms with Gasteiger partial charge in [0.15, 0.2) is 5.13 Å². The summed E-state index contributed by atoms with van der Waals surface area (Å²) in [7, 11) is -3.68. The summed E-state index contributed by atoms with van der Waals surface area (Å²) in [6, 6.07) is 9.40. The number of benzene rings is 2. The highest BCUT2D eigenvalue weighted by Crippen LogP contribution is 2.31. The van der Waals surface area contributed by atoms with E-state index in [1.165, 1.54) is 27.1 Å². The van der Waals surface area contributed by atoms with E-state index in [0.29, 0.717) is 36.8 Å². The van der Waals surface area contributed by atoms with Gasteiger partial charge in [0.1, 0.15) is 4.90 Å². The first-order valence-electron chi connectivity index (χ1n) is 10.4. The smallest absolute Gasteiger partial charge is 0.244 e. The lowest BCUT2D eigenvalue weighted by molar-refractivity contribution is 0.384. The van der Waals surface area contributed by atoms with E-state index in [0.717, 1.165) is 17.2 Å². The zero-order valence-corrected chi connectivity index (χ0v) is 21.4. The van der Waals surface area contributed by atoms with Crippen LogP contribution in [0, 0.1) is 20.8 Å². The Balaban J connectivity index is 1.44. The Morgan fingerprint density at radius 3 is 2.44 bits per heavy atom. The van der Waals surface area contributed by atoms with Gasteiger partial charge < -0.3 is 4.90 Å². The van der Waals surface area contributed by atoms with Crippen LogP contribution in [0.4, 0.5) is 5.13 Å². The molecule has 4 rings (SSSR count). The van der Waals surface area contributed by atoms with Crippen LogP contribution in [0.1, 0.15) is 27.9 Å². The van der Waals surface area contributed by atoms with Crippen molar-refractivity contribution in [2.24, 2.45) is 0 Å². The highest BCUT2D eigenvalue weighted by molar-refractivity contribution is 7.89. The van der Waals surface area contributed by atoms with Crippen LogP contribution in [0.2, 0.25) is 10.0 Å².